The number of amides is 1. The summed E-state index contributed by atoms with van der Waals surface area (Å²) in [6.07, 6.45) is 0. The van der Waals surface area contributed by atoms with E-state index in [1.165, 1.54) is 7.11 Å². The van der Waals surface area contributed by atoms with Crippen molar-refractivity contribution >= 4 is 57.4 Å². The lowest BCUT2D eigenvalue weighted by Gasteiger charge is -2.14. The van der Waals surface area contributed by atoms with Gasteiger partial charge in [0.1, 0.15) is 6.61 Å². The number of hydrogen-bond donors (Lipinski definition) is 2. The van der Waals surface area contributed by atoms with E-state index in [1.54, 1.807) is 18.2 Å². The summed E-state index contributed by atoms with van der Waals surface area (Å²) in [6.45, 7) is 0.325. The highest BCUT2D eigenvalue weighted by Gasteiger charge is 2.16. The molecule has 0 fully saturated rings. The van der Waals surface area contributed by atoms with Gasteiger partial charge in [-0.05, 0) is 64.6 Å². The fourth-order valence-corrected chi connectivity index (χ4v) is 3.02. The van der Waals surface area contributed by atoms with Gasteiger partial charge in [-0.1, -0.05) is 23.7 Å². The zero-order valence-corrected chi connectivity index (χ0v) is 16.4. The smallest absolute Gasteiger partial charge is 0.257 e. The number of methoxy groups -OCH3 is 1. The number of rotatable bonds is 5. The summed E-state index contributed by atoms with van der Waals surface area (Å²) in [5, 5.41) is 2.93. The highest BCUT2D eigenvalue weighted by molar-refractivity contribution is 14.1. The maximum absolute atomic E-state index is 12.0. The molecule has 8 heteroatoms. The Hall–Kier alpha value is -1.58. The van der Waals surface area contributed by atoms with Crippen LogP contribution in [0.3, 0.4) is 0 Å². The molecule has 2 rings (SSSR count). The molecule has 5 nitrogen and oxygen atoms in total. The summed E-state index contributed by atoms with van der Waals surface area (Å²) >= 11 is 12.7. The van der Waals surface area contributed by atoms with E-state index >= 15 is 0 Å². The van der Waals surface area contributed by atoms with Crippen LogP contribution in [-0.2, 0) is 6.61 Å². The van der Waals surface area contributed by atoms with Crippen molar-refractivity contribution in [3.63, 3.8) is 0 Å². The molecule has 0 bridgehead atoms. The zero-order chi connectivity index (χ0) is 17.7. The predicted molar refractivity (Wildman–Crippen MR) is 106 cm³/mol. The van der Waals surface area contributed by atoms with Crippen LogP contribution in [0.4, 0.5) is 0 Å². The molecule has 2 aromatic rings. The van der Waals surface area contributed by atoms with Crippen LogP contribution in [0.1, 0.15) is 15.9 Å². The molecule has 24 heavy (non-hydrogen) atoms. The van der Waals surface area contributed by atoms with E-state index in [0.29, 0.717) is 28.7 Å². The van der Waals surface area contributed by atoms with Gasteiger partial charge >= 0.3 is 0 Å². The number of ether oxygens (including phenoxy) is 2. The first-order valence-electron chi connectivity index (χ1n) is 6.76. The highest BCUT2D eigenvalue weighted by Crippen LogP contribution is 2.34. The molecule has 2 aromatic carbocycles. The standard InChI is InChI=1S/C16H14ClIN2O3S/c1-22-13-7-10(15(21)20-16(19)24)6-12(18)14(13)23-8-9-3-2-4-11(17)5-9/h2-7H,8H2,1H3,(H3,19,20,21,24). The number of carbonyl (C=O) groups is 1. The normalized spacial score (nSPS) is 10.1. The Balaban J connectivity index is 2.23. The molecule has 3 N–H and O–H groups in total. The second-order valence-corrected chi connectivity index (χ2v) is 6.76. The van der Waals surface area contributed by atoms with E-state index in [0.717, 1.165) is 9.13 Å². The topological polar surface area (TPSA) is 73.6 Å². The van der Waals surface area contributed by atoms with Gasteiger partial charge in [-0.25, -0.2) is 0 Å². The Morgan fingerprint density at radius 2 is 2.12 bits per heavy atom. The SMILES string of the molecule is COc1cc(C(=O)NC(N)=S)cc(I)c1OCc1cccc(Cl)c1. The third kappa shape index (κ3) is 4.96. The van der Waals surface area contributed by atoms with Gasteiger partial charge in [0, 0.05) is 10.6 Å². The highest BCUT2D eigenvalue weighted by atomic mass is 127. The number of carbonyl (C=O) groups excluding carboxylic acids is 1. The van der Waals surface area contributed by atoms with Gasteiger partial charge in [0.2, 0.25) is 0 Å². The number of benzene rings is 2. The van der Waals surface area contributed by atoms with E-state index in [4.69, 9.17) is 26.8 Å². The summed E-state index contributed by atoms with van der Waals surface area (Å²) in [5.41, 5.74) is 6.63. The minimum absolute atomic E-state index is 0.0877. The number of thiocarbonyl (C=S) groups is 1. The molecule has 0 aliphatic rings. The van der Waals surface area contributed by atoms with Crippen LogP contribution in [0.15, 0.2) is 36.4 Å². The zero-order valence-electron chi connectivity index (χ0n) is 12.6. The van der Waals surface area contributed by atoms with Gasteiger partial charge in [0.25, 0.3) is 5.91 Å². The van der Waals surface area contributed by atoms with Gasteiger partial charge in [-0.15, -0.1) is 0 Å². The Bertz CT molecular complexity index is 786. The molecule has 1 amide bonds. The average molecular weight is 477 g/mol. The third-order valence-electron chi connectivity index (χ3n) is 3.00. The first-order valence-corrected chi connectivity index (χ1v) is 8.62. The summed E-state index contributed by atoms with van der Waals surface area (Å²) in [7, 11) is 1.51. The van der Waals surface area contributed by atoms with Gasteiger partial charge < -0.3 is 15.2 Å². The largest absolute Gasteiger partial charge is 0.493 e. The molecule has 0 atom stereocenters. The summed E-state index contributed by atoms with van der Waals surface area (Å²) in [5.74, 6) is 0.585. The lowest BCUT2D eigenvalue weighted by atomic mass is 10.2. The van der Waals surface area contributed by atoms with Gasteiger partial charge in [0.05, 0.1) is 10.7 Å². The van der Waals surface area contributed by atoms with Crippen LogP contribution >= 0.6 is 46.4 Å². The van der Waals surface area contributed by atoms with Crippen molar-refractivity contribution in [2.75, 3.05) is 7.11 Å². The predicted octanol–water partition coefficient (Wildman–Crippen LogP) is 3.51. The third-order valence-corrected chi connectivity index (χ3v) is 4.14. The minimum atomic E-state index is -0.403. The number of hydrogen-bond acceptors (Lipinski definition) is 4. The average Bonchev–Trinajstić information content (AvgIpc) is 2.52. The van der Waals surface area contributed by atoms with E-state index < -0.39 is 5.91 Å². The first-order chi connectivity index (χ1) is 11.4. The number of nitrogens with one attached hydrogen (secondary N) is 1. The molecule has 0 aliphatic heterocycles. The van der Waals surface area contributed by atoms with E-state index in [1.807, 2.05) is 18.2 Å². The second kappa shape index (κ2) is 8.50. The summed E-state index contributed by atoms with van der Waals surface area (Å²) < 4.78 is 11.9. The van der Waals surface area contributed by atoms with Gasteiger partial charge in [-0.3, -0.25) is 10.1 Å². The molecule has 0 saturated heterocycles. The molecule has 126 valence electrons. The summed E-state index contributed by atoms with van der Waals surface area (Å²) in [4.78, 5) is 12.0. The molecule has 0 heterocycles. The van der Waals surface area contributed by atoms with Crippen molar-refractivity contribution in [2.45, 2.75) is 6.61 Å². The molecule has 0 radical (unpaired) electrons. The quantitative estimate of drug-likeness (QED) is 0.510. The van der Waals surface area contributed by atoms with E-state index in [2.05, 4.69) is 40.1 Å². The van der Waals surface area contributed by atoms with Crippen molar-refractivity contribution in [3.05, 3.63) is 56.1 Å². The molecular formula is C16H14ClIN2O3S. The van der Waals surface area contributed by atoms with Crippen LogP contribution < -0.4 is 20.5 Å². The second-order valence-electron chi connectivity index (χ2n) is 4.73. The molecule has 0 aromatic heterocycles. The summed E-state index contributed by atoms with van der Waals surface area (Å²) in [6, 6.07) is 10.6. The Morgan fingerprint density at radius 3 is 2.75 bits per heavy atom. The van der Waals surface area contributed by atoms with E-state index in [-0.39, 0.29) is 5.11 Å². The maximum Gasteiger partial charge on any atom is 0.257 e. The van der Waals surface area contributed by atoms with Crippen LogP contribution in [0.2, 0.25) is 5.02 Å². The Kier molecular flexibility index (Phi) is 6.64. The van der Waals surface area contributed by atoms with Crippen molar-refractivity contribution in [3.8, 4) is 11.5 Å². The number of halogens is 2. The lowest BCUT2D eigenvalue weighted by Crippen LogP contribution is -2.34. The molecule has 0 saturated carbocycles. The molecular weight excluding hydrogens is 463 g/mol. The Labute approximate surface area is 163 Å². The molecule has 0 spiro atoms. The fourth-order valence-electron chi connectivity index (χ4n) is 1.96. The van der Waals surface area contributed by atoms with Crippen molar-refractivity contribution in [1.82, 2.24) is 5.32 Å². The maximum atomic E-state index is 12.0. The van der Waals surface area contributed by atoms with Crippen LogP contribution in [0.25, 0.3) is 0 Å². The van der Waals surface area contributed by atoms with Crippen molar-refractivity contribution in [2.24, 2.45) is 5.73 Å². The van der Waals surface area contributed by atoms with Crippen molar-refractivity contribution < 1.29 is 14.3 Å². The van der Waals surface area contributed by atoms with Crippen LogP contribution in [0, 0.1) is 3.57 Å². The number of nitrogens with two attached hydrogens (primary N) is 1. The Morgan fingerprint density at radius 1 is 1.38 bits per heavy atom. The van der Waals surface area contributed by atoms with Crippen LogP contribution in [0.5, 0.6) is 11.5 Å². The molecule has 0 aliphatic carbocycles. The monoisotopic (exact) mass is 476 g/mol. The van der Waals surface area contributed by atoms with Crippen LogP contribution in [-0.4, -0.2) is 18.1 Å². The minimum Gasteiger partial charge on any atom is -0.493 e. The first kappa shape index (κ1) is 18.8. The van der Waals surface area contributed by atoms with E-state index in [9.17, 15) is 4.79 Å². The van der Waals surface area contributed by atoms with Crippen molar-refractivity contribution in [1.29, 1.82) is 0 Å². The fraction of sp³-hybridized carbons (Fsp3) is 0.125. The van der Waals surface area contributed by atoms with Gasteiger partial charge in [0.15, 0.2) is 16.6 Å². The molecule has 0 unspecified atom stereocenters. The lowest BCUT2D eigenvalue weighted by molar-refractivity contribution is 0.0977. The van der Waals surface area contributed by atoms with Gasteiger partial charge in [-0.2, -0.15) is 0 Å².